The summed E-state index contributed by atoms with van der Waals surface area (Å²) in [5, 5.41) is 8.70. The van der Waals surface area contributed by atoms with Crippen LogP contribution in [0.5, 0.6) is 0 Å². The number of methoxy groups -OCH3 is 1. The van der Waals surface area contributed by atoms with E-state index < -0.39 is 18.0 Å². The van der Waals surface area contributed by atoms with E-state index in [1.165, 1.54) is 0 Å². The zero-order valence-corrected chi connectivity index (χ0v) is 10.3. The van der Waals surface area contributed by atoms with Crippen LogP contribution in [-0.4, -0.2) is 18.1 Å². The molecule has 1 heterocycles. The van der Waals surface area contributed by atoms with Crippen LogP contribution in [0.25, 0.3) is 0 Å². The fourth-order valence-electron chi connectivity index (χ4n) is 1.31. The number of esters is 1. The van der Waals surface area contributed by atoms with Crippen LogP contribution >= 0.6 is 15.9 Å². The van der Waals surface area contributed by atoms with Crippen molar-refractivity contribution in [3.05, 3.63) is 28.6 Å². The molecule has 4 nitrogen and oxygen atoms in total. The van der Waals surface area contributed by atoms with Gasteiger partial charge in [0, 0.05) is 22.7 Å². The molecule has 1 aromatic rings. The van der Waals surface area contributed by atoms with Crippen molar-refractivity contribution in [3.63, 3.8) is 0 Å². The number of pyridine rings is 1. The lowest BCUT2D eigenvalue weighted by molar-refractivity contribution is 0.0592. The van der Waals surface area contributed by atoms with E-state index in [9.17, 15) is 13.6 Å². The van der Waals surface area contributed by atoms with Gasteiger partial charge in [0.05, 0.1) is 12.7 Å². The molecule has 90 valence electrons. The monoisotopic (exact) mass is 304 g/mol. The molecule has 0 aliphatic heterocycles. The molecule has 0 radical (unpaired) electrons. The second kappa shape index (κ2) is 5.68. The summed E-state index contributed by atoms with van der Waals surface area (Å²) in [5.41, 5.74) is -0.966. The molecule has 0 fully saturated rings. The van der Waals surface area contributed by atoms with Crippen molar-refractivity contribution in [1.82, 2.24) is 4.98 Å². The minimum atomic E-state index is -2.86. The van der Waals surface area contributed by atoms with Gasteiger partial charge >= 0.3 is 5.97 Å². The summed E-state index contributed by atoms with van der Waals surface area (Å²) >= 11 is 3.00. The van der Waals surface area contributed by atoms with Crippen molar-refractivity contribution in [3.8, 4) is 6.07 Å². The number of hydrogen-bond acceptors (Lipinski definition) is 4. The molecule has 1 rings (SSSR count). The number of nitrogens with zero attached hydrogens (tertiary/aromatic N) is 2. The van der Waals surface area contributed by atoms with Crippen molar-refractivity contribution in [2.45, 2.75) is 11.8 Å². The molecule has 0 aliphatic rings. The fraction of sp³-hybridized carbons (Fsp3) is 0.300. The Labute approximate surface area is 104 Å². The Morgan fingerprint density at radius 2 is 2.35 bits per heavy atom. The van der Waals surface area contributed by atoms with E-state index in [1.54, 1.807) is 6.07 Å². The van der Waals surface area contributed by atoms with Gasteiger partial charge in [0.25, 0.3) is 6.43 Å². The van der Waals surface area contributed by atoms with Gasteiger partial charge in [-0.25, -0.2) is 18.6 Å². The van der Waals surface area contributed by atoms with E-state index in [0.29, 0.717) is 0 Å². The third-order valence-electron chi connectivity index (χ3n) is 2.07. The smallest absolute Gasteiger partial charge is 0.356 e. The Kier molecular flexibility index (Phi) is 4.52. The number of aromatic nitrogens is 1. The van der Waals surface area contributed by atoms with Crippen LogP contribution < -0.4 is 0 Å². The number of alkyl halides is 3. The molecule has 0 saturated carbocycles. The van der Waals surface area contributed by atoms with Crippen LogP contribution in [0.4, 0.5) is 8.78 Å². The quantitative estimate of drug-likeness (QED) is 0.636. The normalized spacial score (nSPS) is 10.1. The highest BCUT2D eigenvalue weighted by Gasteiger charge is 2.24. The molecule has 7 heteroatoms. The molecule has 0 bridgehead atoms. The summed E-state index contributed by atoms with van der Waals surface area (Å²) in [6, 6.07) is 1.62. The molecule has 17 heavy (non-hydrogen) atoms. The molecule has 0 saturated heterocycles. The Morgan fingerprint density at radius 1 is 1.71 bits per heavy atom. The lowest BCUT2D eigenvalue weighted by Crippen LogP contribution is -2.12. The number of carbonyl (C=O) groups excluding carboxylic acids is 1. The van der Waals surface area contributed by atoms with E-state index in [-0.39, 0.29) is 22.2 Å². The zero-order valence-electron chi connectivity index (χ0n) is 8.71. The van der Waals surface area contributed by atoms with E-state index in [4.69, 9.17) is 5.26 Å². The lowest BCUT2D eigenvalue weighted by Gasteiger charge is -2.11. The SMILES string of the molecule is COC(=O)c1ncc(C#N)c(C(F)F)c1CBr. The minimum Gasteiger partial charge on any atom is -0.464 e. The summed E-state index contributed by atoms with van der Waals surface area (Å²) in [6.07, 6.45) is -1.91. The lowest BCUT2D eigenvalue weighted by atomic mass is 10.0. The molecule has 0 aliphatic carbocycles. The topological polar surface area (TPSA) is 63.0 Å². The standard InChI is InChI=1S/C10H7BrF2N2O2/c1-17-10(16)8-6(2-11)7(9(12)13)5(3-14)4-15-8/h4,9H,2H2,1H3. The van der Waals surface area contributed by atoms with Crippen molar-refractivity contribution in [1.29, 1.82) is 5.26 Å². The highest BCUT2D eigenvalue weighted by molar-refractivity contribution is 9.08. The van der Waals surface area contributed by atoms with Crippen LogP contribution in [0.2, 0.25) is 0 Å². The summed E-state index contributed by atoms with van der Waals surface area (Å²) in [7, 11) is 1.13. The highest BCUT2D eigenvalue weighted by atomic mass is 79.9. The maximum Gasteiger partial charge on any atom is 0.356 e. The first-order valence-electron chi connectivity index (χ1n) is 4.41. The molecule has 0 amide bonds. The molecule has 0 spiro atoms. The summed E-state index contributed by atoms with van der Waals surface area (Å²) < 4.78 is 30.2. The molecule has 0 aromatic carbocycles. The largest absolute Gasteiger partial charge is 0.464 e. The number of halogens is 3. The molecule has 1 aromatic heterocycles. The van der Waals surface area contributed by atoms with Gasteiger partial charge in [0.1, 0.15) is 6.07 Å². The summed E-state index contributed by atoms with van der Waals surface area (Å²) in [6.45, 7) is 0. The van der Waals surface area contributed by atoms with Crippen molar-refractivity contribution >= 4 is 21.9 Å². The number of carbonyl (C=O) groups is 1. The molecular formula is C10H7BrF2N2O2. The first-order chi connectivity index (χ1) is 8.06. The van der Waals surface area contributed by atoms with Gasteiger partial charge in [0.2, 0.25) is 0 Å². The Balaban J connectivity index is 3.53. The van der Waals surface area contributed by atoms with Crippen molar-refractivity contribution in [2.75, 3.05) is 7.11 Å². The van der Waals surface area contributed by atoms with Gasteiger partial charge in [-0.3, -0.25) is 0 Å². The Hall–Kier alpha value is -1.55. The van der Waals surface area contributed by atoms with Gasteiger partial charge < -0.3 is 4.74 Å². The third-order valence-corrected chi connectivity index (χ3v) is 2.64. The molecule has 0 unspecified atom stereocenters. The predicted octanol–water partition coefficient (Wildman–Crippen LogP) is 2.57. The Bertz CT molecular complexity index is 486. The van der Waals surface area contributed by atoms with Crippen LogP contribution in [-0.2, 0) is 10.1 Å². The van der Waals surface area contributed by atoms with Gasteiger partial charge in [0.15, 0.2) is 5.69 Å². The minimum absolute atomic E-state index is 0.0143. The van der Waals surface area contributed by atoms with E-state index in [0.717, 1.165) is 13.3 Å². The molecule has 0 atom stereocenters. The summed E-state index contributed by atoms with van der Waals surface area (Å²) in [4.78, 5) is 15.0. The fourth-order valence-corrected chi connectivity index (χ4v) is 1.88. The molecular weight excluding hydrogens is 298 g/mol. The number of nitriles is 1. The van der Waals surface area contributed by atoms with Gasteiger partial charge in [-0.15, -0.1) is 0 Å². The maximum atomic E-state index is 12.9. The van der Waals surface area contributed by atoms with E-state index >= 15 is 0 Å². The Morgan fingerprint density at radius 3 is 2.76 bits per heavy atom. The summed E-state index contributed by atoms with van der Waals surface area (Å²) in [5.74, 6) is -0.814. The second-order valence-electron chi connectivity index (χ2n) is 2.95. The van der Waals surface area contributed by atoms with Crippen LogP contribution in [0.1, 0.15) is 33.6 Å². The second-order valence-corrected chi connectivity index (χ2v) is 3.51. The zero-order chi connectivity index (χ0) is 13.0. The number of ether oxygens (including phenoxy) is 1. The first-order valence-corrected chi connectivity index (χ1v) is 5.53. The number of hydrogen-bond donors (Lipinski definition) is 0. The van der Waals surface area contributed by atoms with Gasteiger partial charge in [-0.2, -0.15) is 5.26 Å². The van der Waals surface area contributed by atoms with Crippen molar-refractivity contribution < 1.29 is 18.3 Å². The van der Waals surface area contributed by atoms with E-state index in [2.05, 4.69) is 25.7 Å². The average molecular weight is 305 g/mol. The highest BCUT2D eigenvalue weighted by Crippen LogP contribution is 2.29. The first kappa shape index (κ1) is 13.5. The van der Waals surface area contributed by atoms with Crippen LogP contribution in [0.15, 0.2) is 6.20 Å². The molecule has 0 N–H and O–H groups in total. The maximum absolute atomic E-state index is 12.9. The predicted molar refractivity (Wildman–Crippen MR) is 57.9 cm³/mol. The third kappa shape index (κ3) is 2.58. The number of rotatable bonds is 3. The van der Waals surface area contributed by atoms with Gasteiger partial charge in [-0.05, 0) is 0 Å². The van der Waals surface area contributed by atoms with Crippen molar-refractivity contribution in [2.24, 2.45) is 0 Å². The van der Waals surface area contributed by atoms with Crippen LogP contribution in [0, 0.1) is 11.3 Å². The van der Waals surface area contributed by atoms with Gasteiger partial charge in [-0.1, -0.05) is 15.9 Å². The van der Waals surface area contributed by atoms with E-state index in [1.807, 2.05) is 0 Å². The van der Waals surface area contributed by atoms with Crippen LogP contribution in [0.3, 0.4) is 0 Å². The average Bonchev–Trinajstić information content (AvgIpc) is 2.35.